The van der Waals surface area contributed by atoms with Crippen LogP contribution in [-0.4, -0.2) is 31.3 Å². The molecule has 0 aromatic carbocycles. The summed E-state index contributed by atoms with van der Waals surface area (Å²) in [6.07, 6.45) is 3.64. The quantitative estimate of drug-likeness (QED) is 0.637. The van der Waals surface area contributed by atoms with E-state index in [1.54, 1.807) is 0 Å². The highest BCUT2D eigenvalue weighted by molar-refractivity contribution is 5.69. The third kappa shape index (κ3) is 1.69. The second-order valence-corrected chi connectivity index (χ2v) is 3.44. The molecule has 1 atom stereocenters. The maximum absolute atomic E-state index is 10.6. The largest absolute Gasteiger partial charge is 0.443 e. The zero-order valence-electron chi connectivity index (χ0n) is 7.01. The molecular weight excluding hydrogens is 156 g/mol. The van der Waals surface area contributed by atoms with Gasteiger partial charge in [-0.1, -0.05) is 6.42 Å². The molecule has 0 aromatic rings. The van der Waals surface area contributed by atoms with E-state index >= 15 is 0 Å². The number of nitrogens with one attached hydrogen (secondary N) is 2. The van der Waals surface area contributed by atoms with Gasteiger partial charge in [-0.05, 0) is 12.8 Å². The van der Waals surface area contributed by atoms with E-state index in [0.717, 1.165) is 6.54 Å². The van der Waals surface area contributed by atoms with Crippen molar-refractivity contribution in [3.8, 4) is 0 Å². The summed E-state index contributed by atoms with van der Waals surface area (Å²) in [4.78, 5) is 10.6. The van der Waals surface area contributed by atoms with Crippen LogP contribution in [0.5, 0.6) is 0 Å². The highest BCUT2D eigenvalue weighted by Crippen LogP contribution is 2.17. The van der Waals surface area contributed by atoms with Gasteiger partial charge in [0.15, 0.2) is 0 Å². The molecule has 1 saturated heterocycles. The van der Waals surface area contributed by atoms with Crippen molar-refractivity contribution in [1.29, 1.82) is 0 Å². The molecule has 1 amide bonds. The van der Waals surface area contributed by atoms with E-state index in [-0.39, 0.29) is 12.2 Å². The summed E-state index contributed by atoms with van der Waals surface area (Å²) < 4.78 is 4.97. The molecule has 2 aliphatic rings. The molecule has 4 nitrogen and oxygen atoms in total. The van der Waals surface area contributed by atoms with Gasteiger partial charge in [-0.3, -0.25) is 0 Å². The second-order valence-electron chi connectivity index (χ2n) is 3.44. The van der Waals surface area contributed by atoms with E-state index < -0.39 is 0 Å². The van der Waals surface area contributed by atoms with Crippen LogP contribution in [-0.2, 0) is 4.74 Å². The number of carbonyl (C=O) groups is 1. The molecule has 1 aliphatic heterocycles. The fraction of sp³-hybridized carbons (Fsp3) is 0.875. The lowest BCUT2D eigenvalue weighted by molar-refractivity contribution is 0.134. The highest BCUT2D eigenvalue weighted by atomic mass is 16.6. The van der Waals surface area contributed by atoms with Gasteiger partial charge in [-0.25, -0.2) is 4.79 Å². The average Bonchev–Trinajstić information content (AvgIpc) is 2.32. The van der Waals surface area contributed by atoms with Gasteiger partial charge in [0.2, 0.25) is 0 Å². The Labute approximate surface area is 71.7 Å². The summed E-state index contributed by atoms with van der Waals surface area (Å²) in [5, 5.41) is 5.99. The molecule has 1 heterocycles. The Kier molecular flexibility index (Phi) is 2.17. The SMILES string of the molecule is O=C1NCC(CNC2CCC2)O1. The Balaban J connectivity index is 1.63. The first-order valence-electron chi connectivity index (χ1n) is 4.52. The van der Waals surface area contributed by atoms with Crippen LogP contribution in [0.15, 0.2) is 0 Å². The van der Waals surface area contributed by atoms with Crippen molar-refractivity contribution in [3.63, 3.8) is 0 Å². The second kappa shape index (κ2) is 3.31. The first-order chi connectivity index (χ1) is 5.84. The number of amides is 1. The average molecular weight is 170 g/mol. The van der Waals surface area contributed by atoms with Gasteiger partial charge in [0, 0.05) is 12.6 Å². The van der Waals surface area contributed by atoms with E-state index in [2.05, 4.69) is 10.6 Å². The monoisotopic (exact) mass is 170 g/mol. The third-order valence-corrected chi connectivity index (χ3v) is 2.49. The van der Waals surface area contributed by atoms with Gasteiger partial charge in [-0.2, -0.15) is 0 Å². The van der Waals surface area contributed by atoms with Gasteiger partial charge in [-0.15, -0.1) is 0 Å². The zero-order chi connectivity index (χ0) is 8.39. The van der Waals surface area contributed by atoms with E-state index in [1.807, 2.05) is 0 Å². The van der Waals surface area contributed by atoms with Crippen molar-refractivity contribution in [2.75, 3.05) is 13.1 Å². The smallest absolute Gasteiger partial charge is 0.407 e. The molecule has 2 rings (SSSR count). The fourth-order valence-corrected chi connectivity index (χ4v) is 1.46. The molecule has 1 saturated carbocycles. The number of alkyl carbamates (subject to hydrolysis) is 1. The van der Waals surface area contributed by atoms with Gasteiger partial charge in [0.1, 0.15) is 6.10 Å². The minimum absolute atomic E-state index is 0.0399. The normalized spacial score (nSPS) is 29.3. The van der Waals surface area contributed by atoms with Crippen molar-refractivity contribution < 1.29 is 9.53 Å². The Bertz CT molecular complexity index is 180. The highest BCUT2D eigenvalue weighted by Gasteiger charge is 2.24. The van der Waals surface area contributed by atoms with Crippen LogP contribution in [0, 0.1) is 0 Å². The summed E-state index contributed by atoms with van der Waals surface area (Å²) in [5.74, 6) is 0. The molecule has 68 valence electrons. The Morgan fingerprint density at radius 1 is 1.58 bits per heavy atom. The van der Waals surface area contributed by atoms with Crippen LogP contribution in [0.3, 0.4) is 0 Å². The predicted octanol–water partition coefficient (Wildman–Crippen LogP) is 0.237. The molecule has 0 spiro atoms. The maximum atomic E-state index is 10.6. The van der Waals surface area contributed by atoms with Crippen molar-refractivity contribution in [2.24, 2.45) is 0 Å². The summed E-state index contributed by atoms with van der Waals surface area (Å²) >= 11 is 0. The van der Waals surface area contributed by atoms with Crippen molar-refractivity contribution in [3.05, 3.63) is 0 Å². The lowest BCUT2D eigenvalue weighted by Crippen LogP contribution is -2.40. The van der Waals surface area contributed by atoms with Gasteiger partial charge in [0.05, 0.1) is 6.54 Å². The molecule has 0 radical (unpaired) electrons. The minimum Gasteiger partial charge on any atom is -0.443 e. The lowest BCUT2D eigenvalue weighted by Gasteiger charge is -2.27. The number of cyclic esters (lactones) is 1. The van der Waals surface area contributed by atoms with E-state index in [9.17, 15) is 4.79 Å². The van der Waals surface area contributed by atoms with Crippen LogP contribution in [0.2, 0.25) is 0 Å². The third-order valence-electron chi connectivity index (χ3n) is 2.49. The number of rotatable bonds is 3. The standard InChI is InChI=1S/C8H14N2O2/c11-8-10-5-7(12-8)4-9-6-2-1-3-6/h6-7,9H,1-5H2,(H,10,11). The Morgan fingerprint density at radius 2 is 2.42 bits per heavy atom. The topological polar surface area (TPSA) is 50.4 Å². The van der Waals surface area contributed by atoms with Crippen LogP contribution in [0.4, 0.5) is 4.79 Å². The van der Waals surface area contributed by atoms with Crippen molar-refractivity contribution >= 4 is 6.09 Å². The molecule has 2 fully saturated rings. The van der Waals surface area contributed by atoms with Gasteiger partial charge in [0.25, 0.3) is 0 Å². The lowest BCUT2D eigenvalue weighted by atomic mass is 9.93. The van der Waals surface area contributed by atoms with Crippen LogP contribution in [0.1, 0.15) is 19.3 Å². The van der Waals surface area contributed by atoms with Crippen LogP contribution >= 0.6 is 0 Å². The predicted molar refractivity (Wildman–Crippen MR) is 43.9 cm³/mol. The molecule has 12 heavy (non-hydrogen) atoms. The number of hydrogen-bond acceptors (Lipinski definition) is 3. The van der Waals surface area contributed by atoms with E-state index in [4.69, 9.17) is 4.74 Å². The molecule has 0 bridgehead atoms. The maximum Gasteiger partial charge on any atom is 0.407 e. The van der Waals surface area contributed by atoms with E-state index in [1.165, 1.54) is 19.3 Å². The number of carbonyl (C=O) groups excluding carboxylic acids is 1. The van der Waals surface area contributed by atoms with Crippen LogP contribution in [0.25, 0.3) is 0 Å². The first kappa shape index (κ1) is 7.86. The molecule has 0 aromatic heterocycles. The molecular formula is C8H14N2O2. The summed E-state index contributed by atoms with van der Waals surface area (Å²) in [7, 11) is 0. The van der Waals surface area contributed by atoms with Gasteiger partial charge < -0.3 is 15.4 Å². The molecule has 4 heteroatoms. The van der Waals surface area contributed by atoms with Crippen molar-refractivity contribution in [1.82, 2.24) is 10.6 Å². The van der Waals surface area contributed by atoms with Crippen molar-refractivity contribution in [2.45, 2.75) is 31.4 Å². The fourth-order valence-electron chi connectivity index (χ4n) is 1.46. The zero-order valence-corrected chi connectivity index (χ0v) is 7.01. The molecule has 1 unspecified atom stereocenters. The summed E-state index contributed by atoms with van der Waals surface area (Å²) in [6.45, 7) is 1.45. The number of hydrogen-bond donors (Lipinski definition) is 2. The Hall–Kier alpha value is -0.770. The number of ether oxygens (including phenoxy) is 1. The molecule has 1 aliphatic carbocycles. The first-order valence-corrected chi connectivity index (χ1v) is 4.52. The minimum atomic E-state index is -0.282. The van der Waals surface area contributed by atoms with E-state index in [0.29, 0.717) is 12.6 Å². The molecule has 2 N–H and O–H groups in total. The Morgan fingerprint density at radius 3 is 2.92 bits per heavy atom. The van der Waals surface area contributed by atoms with Gasteiger partial charge >= 0.3 is 6.09 Å². The summed E-state index contributed by atoms with van der Waals surface area (Å²) in [5.41, 5.74) is 0. The van der Waals surface area contributed by atoms with Crippen LogP contribution < -0.4 is 10.6 Å². The summed E-state index contributed by atoms with van der Waals surface area (Å²) in [6, 6.07) is 0.671.